The first-order chi connectivity index (χ1) is 40.6. The number of piperidine rings is 2. The van der Waals surface area contributed by atoms with Crippen molar-refractivity contribution < 1.29 is 26.4 Å². The number of benzene rings is 2. The highest BCUT2D eigenvalue weighted by Gasteiger charge is 2.35. The molecule has 4 aromatic heterocycles. The molecule has 6 aromatic rings. The highest BCUT2D eigenvalue weighted by Crippen LogP contribution is 2.37. The predicted octanol–water partition coefficient (Wildman–Crippen LogP) is 8.14. The second kappa shape index (κ2) is 28.7. The van der Waals surface area contributed by atoms with E-state index in [0.29, 0.717) is 46.0 Å². The number of anilines is 4. The molecule has 0 bridgehead atoms. The molecule has 85 heavy (non-hydrogen) atoms. The fourth-order valence-corrected chi connectivity index (χ4v) is 13.1. The van der Waals surface area contributed by atoms with Gasteiger partial charge in [0.2, 0.25) is 20.0 Å². The Hall–Kier alpha value is -5.28. The number of halogens is 4. The van der Waals surface area contributed by atoms with Gasteiger partial charge >= 0.3 is 0 Å². The molecular weight excluding hydrogens is 1210 g/mol. The van der Waals surface area contributed by atoms with Gasteiger partial charge in [-0.3, -0.25) is 19.0 Å². The lowest BCUT2D eigenvalue weighted by Gasteiger charge is -2.35. The van der Waals surface area contributed by atoms with Gasteiger partial charge in [0.15, 0.2) is 11.3 Å². The molecule has 10 heterocycles. The number of carbonyl (C=O) groups excluding carboxylic acids is 2. The van der Waals surface area contributed by atoms with Gasteiger partial charge in [-0.1, -0.05) is 46.4 Å². The van der Waals surface area contributed by atoms with Crippen LogP contribution in [-0.4, -0.2) is 208 Å². The summed E-state index contributed by atoms with van der Waals surface area (Å²) in [5.74, 6) is 1.38. The fraction of sp³-hybridized carbons (Fsp3) is 0.544. The monoisotopic (exact) mass is 1290 g/mol. The van der Waals surface area contributed by atoms with Crippen molar-refractivity contribution in [3.63, 3.8) is 0 Å². The summed E-state index contributed by atoms with van der Waals surface area (Å²) < 4.78 is 55.9. The van der Waals surface area contributed by atoms with E-state index >= 15 is 0 Å². The summed E-state index contributed by atoms with van der Waals surface area (Å²) >= 11 is 24.6. The molecule has 22 nitrogen and oxygen atoms in total. The largest absolute Gasteiger partial charge is 0.356 e. The first-order valence-corrected chi connectivity index (χ1v) is 34.4. The molecule has 3 N–H and O–H groups in total. The minimum absolute atomic E-state index is 0.174. The van der Waals surface area contributed by atoms with Crippen molar-refractivity contribution in [1.82, 2.24) is 59.0 Å². The first kappa shape index (κ1) is 64.2. The normalized spacial score (nSPS) is 20.1. The van der Waals surface area contributed by atoms with Gasteiger partial charge in [-0.2, -0.15) is 14.7 Å². The van der Waals surface area contributed by atoms with Crippen molar-refractivity contribution in [2.75, 3.05) is 145 Å². The van der Waals surface area contributed by atoms with Crippen LogP contribution in [0.25, 0.3) is 11.3 Å². The van der Waals surface area contributed by atoms with E-state index in [9.17, 15) is 26.4 Å². The molecule has 6 fully saturated rings. The van der Waals surface area contributed by atoms with Crippen LogP contribution in [0.1, 0.15) is 108 Å². The summed E-state index contributed by atoms with van der Waals surface area (Å²) in [6.07, 6.45) is 12.0. The van der Waals surface area contributed by atoms with Crippen LogP contribution < -0.4 is 24.6 Å². The predicted molar refractivity (Wildman–Crippen MR) is 339 cm³/mol. The first-order valence-electron chi connectivity index (χ1n) is 29.1. The number of likely N-dealkylation sites (N-methyl/N-ethyl adjacent to an activating group) is 2. The highest BCUT2D eigenvalue weighted by atomic mass is 35.5. The lowest BCUT2D eigenvalue weighted by atomic mass is 9.98. The summed E-state index contributed by atoms with van der Waals surface area (Å²) in [4.78, 5) is 51.9. The van der Waals surface area contributed by atoms with Crippen LogP contribution in [0.5, 0.6) is 0 Å². The van der Waals surface area contributed by atoms with Crippen molar-refractivity contribution in [2.45, 2.75) is 76.3 Å². The zero-order valence-corrected chi connectivity index (χ0v) is 53.6. The molecule has 0 saturated carbocycles. The molecular formula is C57H78Cl4N16O6S2. The Labute approximate surface area is 519 Å². The molecule has 0 aliphatic carbocycles. The quantitative estimate of drug-likeness (QED) is 0.110. The molecule has 6 aliphatic rings. The average molecular weight is 1290 g/mol. The highest BCUT2D eigenvalue weighted by molar-refractivity contribution is 7.92. The number of hydrogen-bond donors (Lipinski definition) is 3. The van der Waals surface area contributed by atoms with E-state index < -0.39 is 20.0 Å². The summed E-state index contributed by atoms with van der Waals surface area (Å²) in [7, 11) is -0.696. The molecule has 2 aromatic carbocycles. The van der Waals surface area contributed by atoms with Crippen molar-refractivity contribution in [1.29, 1.82) is 0 Å². The molecule has 28 heteroatoms. The number of nitrogens with one attached hydrogen (secondary N) is 3. The molecule has 462 valence electrons. The van der Waals surface area contributed by atoms with E-state index in [1.807, 2.05) is 10.6 Å². The Morgan fingerprint density at radius 1 is 0.518 bits per heavy atom. The van der Waals surface area contributed by atoms with E-state index in [4.69, 9.17) is 56.5 Å². The third-order valence-corrected chi connectivity index (χ3v) is 18.0. The Morgan fingerprint density at radius 3 is 1.54 bits per heavy atom. The molecule has 0 spiro atoms. The number of carbonyl (C=O) groups is 2. The minimum atomic E-state index is -3.59. The van der Waals surface area contributed by atoms with Gasteiger partial charge in [-0.15, -0.1) is 0 Å². The van der Waals surface area contributed by atoms with Crippen molar-refractivity contribution >= 4 is 113 Å². The van der Waals surface area contributed by atoms with Gasteiger partial charge in [0.05, 0.1) is 58.5 Å². The number of rotatable bonds is 10. The summed E-state index contributed by atoms with van der Waals surface area (Å²) in [5.41, 5.74) is 3.47. The Balaban J connectivity index is 0.000000171. The van der Waals surface area contributed by atoms with E-state index in [1.54, 1.807) is 21.9 Å². The topological polar surface area (TPSA) is 222 Å². The molecule has 6 saturated heterocycles. The van der Waals surface area contributed by atoms with Gasteiger partial charge in [0, 0.05) is 93.2 Å². The molecule has 2 atom stereocenters. The van der Waals surface area contributed by atoms with E-state index in [2.05, 4.69) is 76.6 Å². The van der Waals surface area contributed by atoms with Crippen LogP contribution in [0.2, 0.25) is 20.4 Å². The van der Waals surface area contributed by atoms with Crippen molar-refractivity contribution in [3.8, 4) is 0 Å². The summed E-state index contributed by atoms with van der Waals surface area (Å²) in [6.45, 7) is 14.4. The number of fused-ring (bicyclic) bond motifs is 2. The third-order valence-electron chi connectivity index (χ3n) is 15.9. The SMILES string of the molecule is CN1CCC1.CN1CCCN(c2cc(N3CCC3)nc3cc([C@@H]4CCCCN4C(=O)c4cc(Cl)ccc4NS(C)(=O)=O)nn23)CC1.CN1CCCNCC1.CS(=O)(=O)Nc1ccc(Cl)cc1C(=O)N1CCCC[C@H]1c1cc2nc(Cl)cc(Cl)n2n1. The van der Waals surface area contributed by atoms with Crippen LogP contribution in [-0.2, 0) is 20.0 Å². The van der Waals surface area contributed by atoms with E-state index in [0.717, 1.165) is 120 Å². The molecule has 2 amide bonds. The lowest BCUT2D eigenvalue weighted by molar-refractivity contribution is 0.0600. The average Bonchev–Trinajstić information content (AvgIpc) is 3.82. The van der Waals surface area contributed by atoms with Crippen molar-refractivity contribution in [2.24, 2.45) is 0 Å². The Kier molecular flexibility index (Phi) is 21.7. The van der Waals surface area contributed by atoms with Gasteiger partial charge < -0.3 is 39.6 Å². The third kappa shape index (κ3) is 17.1. The Bertz CT molecular complexity index is 3540. The van der Waals surface area contributed by atoms with E-state index in [1.165, 1.54) is 92.9 Å². The maximum absolute atomic E-state index is 14.0. The molecule has 0 radical (unpaired) electrons. The van der Waals surface area contributed by atoms with Gasteiger partial charge in [0.1, 0.15) is 21.9 Å². The van der Waals surface area contributed by atoms with Crippen LogP contribution in [0.15, 0.2) is 60.7 Å². The summed E-state index contributed by atoms with van der Waals surface area (Å²) in [5, 5.41) is 14.2. The molecule has 0 unspecified atom stereocenters. The fourth-order valence-electron chi connectivity index (χ4n) is 11.1. The van der Waals surface area contributed by atoms with Crippen LogP contribution in [0.3, 0.4) is 0 Å². The van der Waals surface area contributed by atoms with Crippen LogP contribution in [0.4, 0.5) is 23.0 Å². The standard InChI is InChI=1S/C28H37ClN8O3S.C19H18Cl3N5O3S.C6H14N2.C4H9N/c1-33-10-5-13-35(16-15-33)27-19-25(34-11-6-12-34)30-26-18-23(31-37(26)27)24-7-3-4-14-36(24)28(38)21-17-20(29)8-9-22(21)32-41(2,39)40;1-31(29,30)25-13-6-5-11(20)8-12(13)19(28)26-7-3-2-4-15(26)14-9-18-23-16(21)10-17(22)27(18)24-14;1-8-5-2-3-7-4-6-8;1-5-3-2-4-5/h8-9,17-19,24,32H,3-7,10-16H2,1-2H3;5-6,8-10,15,25H,2-4,7H2,1H3;7H,2-6H2,1H3;2-4H2,1H3/t24-;15-;;/m00../s1. The Morgan fingerprint density at radius 2 is 1.01 bits per heavy atom. The van der Waals surface area contributed by atoms with Crippen LogP contribution >= 0.6 is 46.4 Å². The second-order valence-electron chi connectivity index (χ2n) is 22.7. The second-order valence-corrected chi connectivity index (χ2v) is 27.9. The maximum atomic E-state index is 14.0. The molecule has 6 aliphatic heterocycles. The number of amides is 2. The maximum Gasteiger partial charge on any atom is 0.256 e. The number of likely N-dealkylation sites (tertiary alicyclic amines) is 3. The minimum Gasteiger partial charge on any atom is -0.356 e. The number of sulfonamides is 2. The number of hydrogen-bond acceptors (Lipinski definition) is 16. The summed E-state index contributed by atoms with van der Waals surface area (Å²) in [6, 6.07) is 15.9. The number of nitrogens with zero attached hydrogens (tertiary/aromatic N) is 13. The number of aromatic nitrogens is 6. The van der Waals surface area contributed by atoms with E-state index in [-0.39, 0.29) is 51.6 Å². The zero-order valence-electron chi connectivity index (χ0n) is 49.0. The van der Waals surface area contributed by atoms with Gasteiger partial charge in [0.25, 0.3) is 11.8 Å². The zero-order chi connectivity index (χ0) is 60.6. The van der Waals surface area contributed by atoms with Gasteiger partial charge in [-0.25, -0.2) is 31.3 Å². The van der Waals surface area contributed by atoms with Crippen molar-refractivity contribution in [3.05, 3.63) is 104 Å². The lowest BCUT2D eigenvalue weighted by Crippen LogP contribution is -2.39. The smallest absolute Gasteiger partial charge is 0.256 e. The van der Waals surface area contributed by atoms with Crippen LogP contribution in [0, 0.1) is 0 Å². The molecule has 12 rings (SSSR count). The van der Waals surface area contributed by atoms with Gasteiger partial charge in [-0.05, 0) is 154 Å².